The Morgan fingerprint density at radius 2 is 1.51 bits per heavy atom. The third-order valence-corrected chi connectivity index (χ3v) is 12.0. The van der Waals surface area contributed by atoms with Crippen LogP contribution in [0.3, 0.4) is 0 Å². The van der Waals surface area contributed by atoms with Gasteiger partial charge >= 0.3 is 0 Å². The second kappa shape index (κ2) is 12.5. The van der Waals surface area contributed by atoms with E-state index >= 15 is 0 Å². The zero-order valence-electron chi connectivity index (χ0n) is 29.3. The largest absolute Gasteiger partial charge is 0.338 e. The predicted molar refractivity (Wildman–Crippen MR) is 213 cm³/mol. The molecule has 4 aliphatic carbocycles. The number of benzene rings is 4. The molecule has 2 nitrogen and oxygen atoms in total. The highest BCUT2D eigenvalue weighted by atomic mass is 15.2. The topological polar surface area (TPSA) is 8.17 Å². The van der Waals surface area contributed by atoms with Crippen LogP contribution in [-0.4, -0.2) is 15.5 Å². The first kappa shape index (κ1) is 30.5. The predicted octanol–water partition coefficient (Wildman–Crippen LogP) is 12.2. The highest BCUT2D eigenvalue weighted by Gasteiger charge is 2.43. The fraction of sp³-hybridized carbons (Fsp3) is 0.224. The second-order valence-electron chi connectivity index (χ2n) is 15.2. The molecule has 0 radical (unpaired) electrons. The van der Waals surface area contributed by atoms with E-state index in [1.807, 2.05) is 0 Å². The lowest BCUT2D eigenvalue weighted by Crippen LogP contribution is -2.33. The molecule has 1 fully saturated rings. The van der Waals surface area contributed by atoms with Crippen LogP contribution in [-0.2, 0) is 0 Å². The van der Waals surface area contributed by atoms with Crippen molar-refractivity contribution < 1.29 is 0 Å². The summed E-state index contributed by atoms with van der Waals surface area (Å²) in [6, 6.07) is 38.4. The van der Waals surface area contributed by atoms with Gasteiger partial charge in [-0.05, 0) is 102 Å². The number of nitrogens with zero attached hydrogens (tertiary/aromatic N) is 2. The van der Waals surface area contributed by atoms with E-state index in [4.69, 9.17) is 0 Å². The summed E-state index contributed by atoms with van der Waals surface area (Å²) in [7, 11) is 0. The minimum absolute atomic E-state index is 0.352. The molecule has 5 unspecified atom stereocenters. The zero-order chi connectivity index (χ0) is 33.9. The van der Waals surface area contributed by atoms with Crippen molar-refractivity contribution in [2.24, 2.45) is 17.8 Å². The van der Waals surface area contributed by atoms with Crippen molar-refractivity contribution in [1.82, 2.24) is 9.47 Å². The molecule has 0 spiro atoms. The van der Waals surface area contributed by atoms with Crippen LogP contribution in [0.15, 0.2) is 180 Å². The molecular formula is C49H44N2. The fourth-order valence-corrected chi connectivity index (χ4v) is 9.61. The number of hydrogen-bond donors (Lipinski definition) is 0. The number of fused-ring (bicyclic) bond motifs is 6. The van der Waals surface area contributed by atoms with E-state index in [1.54, 1.807) is 0 Å². The van der Waals surface area contributed by atoms with Crippen LogP contribution in [0.4, 0.5) is 0 Å². The van der Waals surface area contributed by atoms with Crippen LogP contribution in [0.5, 0.6) is 0 Å². The molecular weight excluding hydrogens is 617 g/mol. The molecule has 0 bridgehead atoms. The number of hydrogen-bond acceptors (Lipinski definition) is 1. The lowest BCUT2D eigenvalue weighted by molar-refractivity contribution is 0.311. The molecule has 10 rings (SSSR count). The fourth-order valence-electron chi connectivity index (χ4n) is 9.61. The van der Waals surface area contributed by atoms with E-state index in [9.17, 15) is 0 Å². The Kier molecular flexibility index (Phi) is 7.45. The minimum atomic E-state index is 0.352. The van der Waals surface area contributed by atoms with Gasteiger partial charge in [-0.2, -0.15) is 0 Å². The molecule has 1 aromatic heterocycles. The lowest BCUT2D eigenvalue weighted by Gasteiger charge is -2.35. The maximum Gasteiger partial charge on any atom is 0.0541 e. The third-order valence-electron chi connectivity index (χ3n) is 12.0. The van der Waals surface area contributed by atoms with Gasteiger partial charge < -0.3 is 9.47 Å². The van der Waals surface area contributed by atoms with Crippen molar-refractivity contribution in [1.29, 1.82) is 0 Å². The van der Waals surface area contributed by atoms with E-state index in [1.165, 1.54) is 73.2 Å². The number of aromatic nitrogens is 1. The van der Waals surface area contributed by atoms with Gasteiger partial charge in [-0.15, -0.1) is 0 Å². The van der Waals surface area contributed by atoms with Gasteiger partial charge in [-0.1, -0.05) is 128 Å². The number of allylic oxidation sites excluding steroid dienone is 11. The Labute approximate surface area is 301 Å². The van der Waals surface area contributed by atoms with Crippen molar-refractivity contribution in [3.63, 3.8) is 0 Å². The first-order valence-electron chi connectivity index (χ1n) is 19.0. The second-order valence-corrected chi connectivity index (χ2v) is 15.2. The quantitative estimate of drug-likeness (QED) is 0.170. The summed E-state index contributed by atoms with van der Waals surface area (Å²) in [6.07, 6.45) is 28.1. The molecule has 1 saturated heterocycles. The lowest BCUT2D eigenvalue weighted by atomic mass is 9.80. The van der Waals surface area contributed by atoms with Crippen LogP contribution >= 0.6 is 0 Å². The first-order valence-corrected chi connectivity index (χ1v) is 19.0. The van der Waals surface area contributed by atoms with E-state index in [0.29, 0.717) is 29.7 Å². The highest BCUT2D eigenvalue weighted by Crippen LogP contribution is 2.51. The number of rotatable bonds is 5. The van der Waals surface area contributed by atoms with Gasteiger partial charge in [-0.25, -0.2) is 0 Å². The molecule has 0 saturated carbocycles. The Morgan fingerprint density at radius 1 is 0.706 bits per heavy atom. The molecule has 0 amide bonds. The third kappa shape index (κ3) is 5.23. The highest BCUT2D eigenvalue weighted by molar-refractivity contribution is 6.09. The SMILES string of the molecule is CC1C=C(C2C=C(N3C4=CCC(c5ccc6c(c5)c5ccccc5n6-c5ccccc5)C=C4C4C=CCCC43)C=C(c3ccccc3)C2)C=CC1. The maximum absolute atomic E-state index is 2.75. The van der Waals surface area contributed by atoms with E-state index in [0.717, 1.165) is 25.7 Å². The first-order chi connectivity index (χ1) is 25.2. The van der Waals surface area contributed by atoms with Crippen molar-refractivity contribution in [3.8, 4) is 5.69 Å². The summed E-state index contributed by atoms with van der Waals surface area (Å²) >= 11 is 0. The van der Waals surface area contributed by atoms with Gasteiger partial charge in [0.25, 0.3) is 0 Å². The van der Waals surface area contributed by atoms with Gasteiger partial charge in [0.2, 0.25) is 0 Å². The van der Waals surface area contributed by atoms with Gasteiger partial charge in [-0.3, -0.25) is 0 Å². The van der Waals surface area contributed by atoms with Gasteiger partial charge in [0, 0.05) is 51.6 Å². The number of likely N-dealkylation sites (tertiary alicyclic amines) is 1. The minimum Gasteiger partial charge on any atom is -0.338 e. The maximum atomic E-state index is 2.75. The zero-order valence-corrected chi connectivity index (χ0v) is 29.3. The molecule has 250 valence electrons. The Morgan fingerprint density at radius 3 is 2.37 bits per heavy atom. The van der Waals surface area contributed by atoms with Gasteiger partial charge in [0.1, 0.15) is 0 Å². The molecule has 5 aliphatic rings. The van der Waals surface area contributed by atoms with Crippen molar-refractivity contribution in [3.05, 3.63) is 191 Å². The van der Waals surface area contributed by atoms with Gasteiger partial charge in [0.15, 0.2) is 0 Å². The summed E-state index contributed by atoms with van der Waals surface area (Å²) in [5, 5.41) is 2.65. The van der Waals surface area contributed by atoms with Crippen molar-refractivity contribution in [2.45, 2.75) is 51.0 Å². The molecule has 2 heterocycles. The Hall–Kier alpha value is -5.34. The van der Waals surface area contributed by atoms with E-state index in [2.05, 4.69) is 174 Å². The molecule has 0 N–H and O–H groups in total. The summed E-state index contributed by atoms with van der Waals surface area (Å²) in [4.78, 5) is 2.75. The Bertz CT molecular complexity index is 2370. The van der Waals surface area contributed by atoms with Crippen LogP contribution < -0.4 is 0 Å². The molecule has 5 atom stereocenters. The van der Waals surface area contributed by atoms with Crippen LogP contribution in [0.25, 0.3) is 33.1 Å². The summed E-state index contributed by atoms with van der Waals surface area (Å²) in [5.74, 6) is 1.74. The normalized spacial score (nSPS) is 25.5. The molecule has 2 heteroatoms. The van der Waals surface area contributed by atoms with Crippen molar-refractivity contribution in [2.75, 3.05) is 0 Å². The smallest absolute Gasteiger partial charge is 0.0541 e. The van der Waals surface area contributed by atoms with Crippen molar-refractivity contribution >= 4 is 27.4 Å². The van der Waals surface area contributed by atoms with Gasteiger partial charge in [0.05, 0.1) is 11.0 Å². The monoisotopic (exact) mass is 660 g/mol. The van der Waals surface area contributed by atoms with Crippen LogP contribution in [0.2, 0.25) is 0 Å². The Balaban J connectivity index is 1.05. The van der Waals surface area contributed by atoms with E-state index in [-0.39, 0.29) is 0 Å². The summed E-state index contributed by atoms with van der Waals surface area (Å²) in [5.41, 5.74) is 13.7. The average Bonchev–Trinajstić information content (AvgIpc) is 3.71. The van der Waals surface area contributed by atoms with Crippen LogP contribution in [0, 0.1) is 17.8 Å². The number of para-hydroxylation sites is 2. The average molecular weight is 661 g/mol. The summed E-state index contributed by atoms with van der Waals surface area (Å²) in [6.45, 7) is 2.35. The van der Waals surface area contributed by atoms with E-state index < -0.39 is 0 Å². The standard InChI is InChI=1S/C49H44N2/c1-33-13-12-16-35(27-33)39-28-38(34-14-4-2-5-15-34)29-41(30-39)51-47-22-11-9-20-43(47)45-32-37(24-26-49(45)51)36-23-25-48-44(31-36)42-19-8-10-21-46(42)50(48)40-17-6-3-7-18-40/h2-10,12,14-21,23,25-27,29-33,37,39,43,47H,11,13,22,24,28H2,1H3. The van der Waals surface area contributed by atoms with Crippen LogP contribution in [0.1, 0.15) is 56.1 Å². The molecule has 51 heavy (non-hydrogen) atoms. The molecule has 4 aromatic carbocycles. The molecule has 1 aliphatic heterocycles. The summed E-state index contributed by atoms with van der Waals surface area (Å²) < 4.78 is 2.42. The molecule has 5 aromatic rings.